The monoisotopic (exact) mass is 240 g/mol. The molecule has 1 atom stereocenters. The van der Waals surface area contributed by atoms with Crippen molar-refractivity contribution in [2.45, 2.75) is 39.0 Å². The van der Waals surface area contributed by atoms with Gasteiger partial charge in [0.25, 0.3) is 0 Å². The average Bonchev–Trinajstić information content (AvgIpc) is 2.65. The van der Waals surface area contributed by atoms with Gasteiger partial charge in [-0.15, -0.1) is 0 Å². The fourth-order valence-corrected chi connectivity index (χ4v) is 1.81. The van der Waals surface area contributed by atoms with Crippen LogP contribution >= 0.6 is 0 Å². The van der Waals surface area contributed by atoms with Gasteiger partial charge in [0, 0.05) is 13.1 Å². The number of ether oxygens (including phenoxy) is 1. The average molecular weight is 240 g/mol. The molecule has 0 bridgehead atoms. The van der Waals surface area contributed by atoms with Crippen LogP contribution in [0.2, 0.25) is 0 Å². The van der Waals surface area contributed by atoms with E-state index in [2.05, 4.69) is 22.0 Å². The summed E-state index contributed by atoms with van der Waals surface area (Å²) in [6, 6.07) is 0. The Kier molecular flexibility index (Phi) is 3.46. The molecule has 0 aliphatic carbocycles. The molecule has 0 amide bonds. The van der Waals surface area contributed by atoms with Crippen LogP contribution in [0.4, 0.5) is 0 Å². The molecule has 1 saturated heterocycles. The van der Waals surface area contributed by atoms with Gasteiger partial charge in [0.15, 0.2) is 5.82 Å². The number of hydrogen-bond acceptors (Lipinski definition) is 6. The number of nitrogens with two attached hydrogens (primary N) is 1. The number of morpholine rings is 1. The molecule has 0 radical (unpaired) electrons. The van der Waals surface area contributed by atoms with Crippen LogP contribution in [0.1, 0.15) is 32.5 Å². The predicted octanol–water partition coefficient (Wildman–Crippen LogP) is 0.484. The first-order valence-corrected chi connectivity index (χ1v) is 5.91. The van der Waals surface area contributed by atoms with Gasteiger partial charge >= 0.3 is 0 Å². The van der Waals surface area contributed by atoms with Crippen LogP contribution in [0.5, 0.6) is 0 Å². The van der Waals surface area contributed by atoms with Gasteiger partial charge in [0.05, 0.1) is 24.8 Å². The highest BCUT2D eigenvalue weighted by atomic mass is 16.5. The molecule has 0 aromatic carbocycles. The topological polar surface area (TPSA) is 77.4 Å². The summed E-state index contributed by atoms with van der Waals surface area (Å²) < 4.78 is 10.7. The second-order valence-electron chi connectivity index (χ2n) is 5.15. The lowest BCUT2D eigenvalue weighted by atomic mass is 10.1. The van der Waals surface area contributed by atoms with E-state index >= 15 is 0 Å². The number of aromatic nitrogens is 2. The van der Waals surface area contributed by atoms with E-state index in [4.69, 9.17) is 15.0 Å². The van der Waals surface area contributed by atoms with Gasteiger partial charge in [-0.2, -0.15) is 4.98 Å². The van der Waals surface area contributed by atoms with E-state index in [1.807, 2.05) is 13.8 Å². The van der Waals surface area contributed by atoms with Crippen LogP contribution in [0.15, 0.2) is 4.52 Å². The van der Waals surface area contributed by atoms with Crippen molar-refractivity contribution < 1.29 is 9.26 Å². The third kappa shape index (κ3) is 3.24. The predicted molar refractivity (Wildman–Crippen MR) is 62.2 cm³/mol. The Hall–Kier alpha value is -0.980. The summed E-state index contributed by atoms with van der Waals surface area (Å²) in [5, 5.41) is 3.90. The summed E-state index contributed by atoms with van der Waals surface area (Å²) in [5.41, 5.74) is 5.35. The Labute approximate surface area is 101 Å². The van der Waals surface area contributed by atoms with Crippen LogP contribution in [0, 0.1) is 0 Å². The summed E-state index contributed by atoms with van der Waals surface area (Å²) in [4.78, 5) is 6.56. The quantitative estimate of drug-likeness (QED) is 0.828. The molecule has 6 heteroatoms. The van der Waals surface area contributed by atoms with E-state index in [1.54, 1.807) is 0 Å². The summed E-state index contributed by atoms with van der Waals surface area (Å²) >= 11 is 0. The van der Waals surface area contributed by atoms with Crippen molar-refractivity contribution in [3.05, 3.63) is 11.7 Å². The number of nitrogens with zero attached hydrogens (tertiary/aromatic N) is 3. The Morgan fingerprint density at radius 1 is 1.53 bits per heavy atom. The number of hydrogen-bond donors (Lipinski definition) is 1. The molecule has 1 aliphatic heterocycles. The molecule has 2 N–H and O–H groups in total. The fourth-order valence-electron chi connectivity index (χ4n) is 1.81. The molecule has 1 unspecified atom stereocenters. The van der Waals surface area contributed by atoms with Crippen molar-refractivity contribution in [1.29, 1.82) is 0 Å². The van der Waals surface area contributed by atoms with Crippen molar-refractivity contribution >= 4 is 0 Å². The van der Waals surface area contributed by atoms with Crippen LogP contribution in [-0.4, -0.2) is 40.8 Å². The lowest BCUT2D eigenvalue weighted by Crippen LogP contribution is -2.40. The van der Waals surface area contributed by atoms with Crippen LogP contribution in [0.3, 0.4) is 0 Å². The molecule has 6 nitrogen and oxygen atoms in total. The lowest BCUT2D eigenvalue weighted by Gasteiger charge is -2.29. The normalized spacial score (nSPS) is 22.9. The Morgan fingerprint density at radius 2 is 2.29 bits per heavy atom. The first kappa shape index (κ1) is 12.5. The van der Waals surface area contributed by atoms with Gasteiger partial charge in [0.1, 0.15) is 0 Å². The molecule has 1 aliphatic rings. The minimum absolute atomic E-state index is 0.261. The van der Waals surface area contributed by atoms with Crippen molar-refractivity contribution in [3.8, 4) is 0 Å². The minimum atomic E-state index is -0.556. The molecule has 1 aromatic heterocycles. The van der Waals surface area contributed by atoms with E-state index in [0.29, 0.717) is 18.3 Å². The van der Waals surface area contributed by atoms with Gasteiger partial charge in [-0.25, -0.2) is 0 Å². The Balaban J connectivity index is 1.97. The van der Waals surface area contributed by atoms with E-state index in [9.17, 15) is 0 Å². The zero-order chi connectivity index (χ0) is 12.5. The SMILES string of the molecule is CC1CN(Cc2nc(C(C)(C)N)no2)CCO1. The van der Waals surface area contributed by atoms with Gasteiger partial charge < -0.3 is 15.0 Å². The zero-order valence-electron chi connectivity index (χ0n) is 10.6. The maximum Gasteiger partial charge on any atom is 0.240 e. The Morgan fingerprint density at radius 3 is 2.88 bits per heavy atom. The van der Waals surface area contributed by atoms with Gasteiger partial charge in [-0.3, -0.25) is 4.90 Å². The van der Waals surface area contributed by atoms with Crippen LogP contribution in [-0.2, 0) is 16.8 Å². The Bertz CT molecular complexity index is 372. The molecular weight excluding hydrogens is 220 g/mol. The second-order valence-corrected chi connectivity index (χ2v) is 5.15. The van der Waals surface area contributed by atoms with Crippen LogP contribution < -0.4 is 5.73 Å². The summed E-state index contributed by atoms with van der Waals surface area (Å²) in [6.45, 7) is 8.99. The third-order valence-electron chi connectivity index (χ3n) is 2.73. The molecule has 96 valence electrons. The van der Waals surface area contributed by atoms with Crippen molar-refractivity contribution in [1.82, 2.24) is 15.0 Å². The molecule has 0 spiro atoms. The zero-order valence-corrected chi connectivity index (χ0v) is 10.6. The smallest absolute Gasteiger partial charge is 0.240 e. The van der Waals surface area contributed by atoms with E-state index in [-0.39, 0.29) is 6.10 Å². The maximum atomic E-state index is 5.91. The van der Waals surface area contributed by atoms with Crippen LogP contribution in [0.25, 0.3) is 0 Å². The van der Waals surface area contributed by atoms with E-state index in [0.717, 1.165) is 19.7 Å². The van der Waals surface area contributed by atoms with Gasteiger partial charge in [-0.1, -0.05) is 5.16 Å². The summed E-state index contributed by atoms with van der Waals surface area (Å²) in [6.07, 6.45) is 0.261. The summed E-state index contributed by atoms with van der Waals surface area (Å²) in [5.74, 6) is 1.17. The minimum Gasteiger partial charge on any atom is -0.376 e. The lowest BCUT2D eigenvalue weighted by molar-refractivity contribution is -0.0240. The van der Waals surface area contributed by atoms with Gasteiger partial charge in [-0.05, 0) is 20.8 Å². The molecule has 2 heterocycles. The highest BCUT2D eigenvalue weighted by Gasteiger charge is 2.23. The van der Waals surface area contributed by atoms with E-state index < -0.39 is 5.54 Å². The first-order chi connectivity index (χ1) is 7.95. The second kappa shape index (κ2) is 4.72. The highest BCUT2D eigenvalue weighted by Crippen LogP contribution is 2.14. The maximum absolute atomic E-state index is 5.91. The molecule has 1 aromatic rings. The number of rotatable bonds is 3. The summed E-state index contributed by atoms with van der Waals surface area (Å²) in [7, 11) is 0. The third-order valence-corrected chi connectivity index (χ3v) is 2.73. The molecule has 0 saturated carbocycles. The van der Waals surface area contributed by atoms with Crippen molar-refractivity contribution in [2.75, 3.05) is 19.7 Å². The largest absolute Gasteiger partial charge is 0.376 e. The fraction of sp³-hybridized carbons (Fsp3) is 0.818. The molecule has 2 rings (SSSR count). The molecule has 1 fully saturated rings. The van der Waals surface area contributed by atoms with Crippen molar-refractivity contribution in [3.63, 3.8) is 0 Å². The first-order valence-electron chi connectivity index (χ1n) is 5.91. The molecule has 17 heavy (non-hydrogen) atoms. The standard InChI is InChI=1S/C11H20N4O2/c1-8-6-15(4-5-16-8)7-9-13-10(14-17-9)11(2,3)12/h8H,4-7,12H2,1-3H3. The highest BCUT2D eigenvalue weighted by molar-refractivity contribution is 4.99. The van der Waals surface area contributed by atoms with Crippen molar-refractivity contribution in [2.24, 2.45) is 5.73 Å². The van der Waals surface area contributed by atoms with Gasteiger partial charge in [0.2, 0.25) is 5.89 Å². The van der Waals surface area contributed by atoms with E-state index in [1.165, 1.54) is 0 Å². The molecular formula is C11H20N4O2.